The minimum absolute atomic E-state index is 0.246. The fourth-order valence-electron chi connectivity index (χ4n) is 3.37. The average molecular weight is 339 g/mol. The van der Waals surface area contributed by atoms with E-state index >= 15 is 0 Å². The number of benzene rings is 4. The largest absolute Gasteiger partial charge is 0.386 e. The molecule has 0 aliphatic heterocycles. The van der Waals surface area contributed by atoms with E-state index < -0.39 is 6.10 Å². The molecule has 0 aromatic heterocycles. The van der Waals surface area contributed by atoms with Crippen LogP contribution in [0, 0.1) is 0 Å². The molecule has 4 rings (SSSR count). The zero-order valence-corrected chi connectivity index (χ0v) is 14.4. The summed E-state index contributed by atoms with van der Waals surface area (Å²) in [5.41, 5.74) is 2.97. The Bertz CT molecular complexity index is 977. The van der Waals surface area contributed by atoms with Gasteiger partial charge in [-0.1, -0.05) is 97.1 Å². The van der Waals surface area contributed by atoms with Gasteiger partial charge in [-0.15, -0.1) is 0 Å². The molecule has 2 N–H and O–H groups in total. The Morgan fingerprint density at radius 3 is 1.88 bits per heavy atom. The molecule has 0 amide bonds. The van der Waals surface area contributed by atoms with Crippen molar-refractivity contribution in [2.45, 2.75) is 12.1 Å². The highest BCUT2D eigenvalue weighted by Crippen LogP contribution is 2.34. The van der Waals surface area contributed by atoms with Gasteiger partial charge in [-0.3, -0.25) is 0 Å². The highest BCUT2D eigenvalue weighted by atomic mass is 16.3. The SMILES string of the molecule is O[C@H](c1ccccc1)[C@H](Nc1cccc2ccccc12)c1ccccc1. The van der Waals surface area contributed by atoms with Crippen LogP contribution < -0.4 is 5.32 Å². The summed E-state index contributed by atoms with van der Waals surface area (Å²) in [6, 6.07) is 34.2. The number of fused-ring (bicyclic) bond motifs is 1. The Hall–Kier alpha value is -3.10. The summed E-state index contributed by atoms with van der Waals surface area (Å²) in [7, 11) is 0. The molecule has 26 heavy (non-hydrogen) atoms. The topological polar surface area (TPSA) is 32.3 Å². The highest BCUT2D eigenvalue weighted by Gasteiger charge is 2.23. The predicted octanol–water partition coefficient (Wildman–Crippen LogP) is 5.73. The maximum atomic E-state index is 11.1. The van der Waals surface area contributed by atoms with Crippen LogP contribution in [0.15, 0.2) is 103 Å². The van der Waals surface area contributed by atoms with Gasteiger partial charge in [0.05, 0.1) is 6.04 Å². The smallest absolute Gasteiger partial charge is 0.103 e. The first-order valence-electron chi connectivity index (χ1n) is 8.85. The third-order valence-electron chi connectivity index (χ3n) is 4.72. The van der Waals surface area contributed by atoms with Crippen molar-refractivity contribution in [1.82, 2.24) is 0 Å². The van der Waals surface area contributed by atoms with E-state index in [9.17, 15) is 5.11 Å². The van der Waals surface area contributed by atoms with E-state index in [0.717, 1.165) is 22.2 Å². The first kappa shape index (κ1) is 16.4. The molecule has 0 unspecified atom stereocenters. The number of anilines is 1. The molecule has 0 aliphatic carbocycles. The van der Waals surface area contributed by atoms with E-state index in [1.807, 2.05) is 66.7 Å². The molecule has 0 saturated heterocycles. The van der Waals surface area contributed by atoms with Crippen molar-refractivity contribution in [3.63, 3.8) is 0 Å². The molecule has 0 fully saturated rings. The van der Waals surface area contributed by atoms with E-state index in [2.05, 4.69) is 41.7 Å². The Morgan fingerprint density at radius 1 is 0.577 bits per heavy atom. The standard InChI is InChI=1S/C24H21NO/c26-24(20-13-5-2-6-14-20)23(19-11-3-1-4-12-19)25-22-17-9-15-18-10-7-8-16-21(18)22/h1-17,23-26H/t23-,24-/m1/s1. The van der Waals surface area contributed by atoms with E-state index in [4.69, 9.17) is 0 Å². The number of hydrogen-bond acceptors (Lipinski definition) is 2. The number of rotatable bonds is 5. The molecular weight excluding hydrogens is 318 g/mol. The van der Waals surface area contributed by atoms with Gasteiger partial charge in [-0.05, 0) is 22.6 Å². The van der Waals surface area contributed by atoms with Crippen LogP contribution in [0.5, 0.6) is 0 Å². The summed E-state index contributed by atoms with van der Waals surface area (Å²) in [6.07, 6.45) is -0.655. The second-order valence-corrected chi connectivity index (χ2v) is 6.41. The zero-order chi connectivity index (χ0) is 17.8. The van der Waals surface area contributed by atoms with E-state index in [0.29, 0.717) is 0 Å². The van der Waals surface area contributed by atoms with Crippen LogP contribution in [-0.4, -0.2) is 5.11 Å². The van der Waals surface area contributed by atoms with Gasteiger partial charge in [0.2, 0.25) is 0 Å². The molecule has 4 aromatic carbocycles. The molecule has 0 aliphatic rings. The number of nitrogens with one attached hydrogen (secondary N) is 1. The maximum absolute atomic E-state index is 11.1. The Balaban J connectivity index is 1.76. The average Bonchev–Trinajstić information content (AvgIpc) is 2.73. The zero-order valence-electron chi connectivity index (χ0n) is 14.4. The predicted molar refractivity (Wildman–Crippen MR) is 108 cm³/mol. The van der Waals surface area contributed by atoms with Gasteiger partial charge in [-0.2, -0.15) is 0 Å². The highest BCUT2D eigenvalue weighted by molar-refractivity contribution is 5.93. The normalized spacial score (nSPS) is 13.3. The summed E-state index contributed by atoms with van der Waals surface area (Å²) in [4.78, 5) is 0. The molecule has 0 radical (unpaired) electrons. The summed E-state index contributed by atoms with van der Waals surface area (Å²) in [5.74, 6) is 0. The van der Waals surface area contributed by atoms with Crippen LogP contribution in [0.4, 0.5) is 5.69 Å². The molecule has 128 valence electrons. The lowest BCUT2D eigenvalue weighted by molar-refractivity contribution is 0.155. The lowest BCUT2D eigenvalue weighted by Crippen LogP contribution is -2.19. The number of aliphatic hydroxyl groups excluding tert-OH is 1. The summed E-state index contributed by atoms with van der Waals surface area (Å²) >= 11 is 0. The lowest BCUT2D eigenvalue weighted by Gasteiger charge is -2.27. The molecule has 0 spiro atoms. The third kappa shape index (κ3) is 3.32. The summed E-state index contributed by atoms with van der Waals surface area (Å²) in [6.45, 7) is 0. The number of aliphatic hydroxyl groups is 1. The molecule has 2 atom stereocenters. The van der Waals surface area contributed by atoms with Gasteiger partial charge < -0.3 is 10.4 Å². The van der Waals surface area contributed by atoms with Gasteiger partial charge in [0, 0.05) is 11.1 Å². The molecule has 0 saturated carbocycles. The van der Waals surface area contributed by atoms with Crippen LogP contribution in [0.1, 0.15) is 23.3 Å². The molecule has 2 heteroatoms. The van der Waals surface area contributed by atoms with Crippen molar-refractivity contribution in [2.75, 3.05) is 5.32 Å². The molecule has 2 nitrogen and oxygen atoms in total. The van der Waals surface area contributed by atoms with Crippen molar-refractivity contribution in [1.29, 1.82) is 0 Å². The van der Waals surface area contributed by atoms with Crippen molar-refractivity contribution in [3.05, 3.63) is 114 Å². The molecule has 0 bridgehead atoms. The van der Waals surface area contributed by atoms with Crippen LogP contribution in [0.3, 0.4) is 0 Å². The van der Waals surface area contributed by atoms with Gasteiger partial charge in [0.15, 0.2) is 0 Å². The Labute approximate surface area is 153 Å². The summed E-state index contributed by atoms with van der Waals surface area (Å²) < 4.78 is 0. The maximum Gasteiger partial charge on any atom is 0.103 e. The van der Waals surface area contributed by atoms with Gasteiger partial charge in [-0.25, -0.2) is 0 Å². The quantitative estimate of drug-likeness (QED) is 0.487. The van der Waals surface area contributed by atoms with Crippen molar-refractivity contribution < 1.29 is 5.11 Å². The van der Waals surface area contributed by atoms with Gasteiger partial charge >= 0.3 is 0 Å². The fraction of sp³-hybridized carbons (Fsp3) is 0.0833. The Morgan fingerprint density at radius 2 is 1.15 bits per heavy atom. The second kappa shape index (κ2) is 7.42. The summed E-state index contributed by atoms with van der Waals surface area (Å²) in [5, 5.41) is 17.0. The minimum atomic E-state index is -0.655. The Kier molecular flexibility index (Phi) is 4.67. The first-order valence-corrected chi connectivity index (χ1v) is 8.85. The number of hydrogen-bond donors (Lipinski definition) is 2. The molecule has 4 aromatic rings. The van der Waals surface area contributed by atoms with Crippen molar-refractivity contribution in [3.8, 4) is 0 Å². The second-order valence-electron chi connectivity index (χ2n) is 6.41. The van der Waals surface area contributed by atoms with E-state index in [1.54, 1.807) is 0 Å². The first-order chi connectivity index (χ1) is 12.8. The van der Waals surface area contributed by atoms with Gasteiger partial charge in [0.1, 0.15) is 6.10 Å². The fourth-order valence-corrected chi connectivity index (χ4v) is 3.37. The van der Waals surface area contributed by atoms with Crippen LogP contribution in [0.2, 0.25) is 0 Å². The van der Waals surface area contributed by atoms with E-state index in [-0.39, 0.29) is 6.04 Å². The van der Waals surface area contributed by atoms with E-state index in [1.165, 1.54) is 5.39 Å². The van der Waals surface area contributed by atoms with Gasteiger partial charge in [0.25, 0.3) is 0 Å². The lowest BCUT2D eigenvalue weighted by atomic mass is 9.95. The molecular formula is C24H21NO. The van der Waals surface area contributed by atoms with Crippen LogP contribution in [0.25, 0.3) is 10.8 Å². The minimum Gasteiger partial charge on any atom is -0.386 e. The monoisotopic (exact) mass is 339 g/mol. The van der Waals surface area contributed by atoms with Crippen molar-refractivity contribution in [2.24, 2.45) is 0 Å². The van der Waals surface area contributed by atoms with Crippen molar-refractivity contribution >= 4 is 16.5 Å². The van der Waals surface area contributed by atoms with Crippen LogP contribution >= 0.6 is 0 Å². The third-order valence-corrected chi connectivity index (χ3v) is 4.72. The molecule has 0 heterocycles. The van der Waals surface area contributed by atoms with Crippen LogP contribution in [-0.2, 0) is 0 Å².